The van der Waals surface area contributed by atoms with Crippen LogP contribution in [-0.2, 0) is 4.74 Å². The Morgan fingerprint density at radius 1 is 0.675 bits per heavy atom. The van der Waals surface area contributed by atoms with Crippen molar-refractivity contribution in [3.8, 4) is 0 Å². The molecule has 0 bridgehead atoms. The van der Waals surface area contributed by atoms with E-state index in [-0.39, 0.29) is 5.41 Å². The molecule has 438 valence electrons. The van der Waals surface area contributed by atoms with Gasteiger partial charge in [0.1, 0.15) is 0 Å². The fourth-order valence-corrected chi connectivity index (χ4v) is 22.0. The van der Waals surface area contributed by atoms with Gasteiger partial charge in [-0.2, -0.15) is 0 Å². The van der Waals surface area contributed by atoms with Crippen LogP contribution in [0.4, 0.5) is 5.69 Å². The monoisotopic (exact) mass is 1110 g/mol. The van der Waals surface area contributed by atoms with Crippen LogP contribution in [0.2, 0.25) is 0 Å². The minimum atomic E-state index is 0.246. The zero-order chi connectivity index (χ0) is 55.6. The van der Waals surface area contributed by atoms with Gasteiger partial charge in [0.15, 0.2) is 0 Å². The first-order valence-corrected chi connectivity index (χ1v) is 35.1. The molecule has 0 aromatic heterocycles. The van der Waals surface area contributed by atoms with Gasteiger partial charge in [-0.1, -0.05) is 153 Å². The van der Waals surface area contributed by atoms with Crippen molar-refractivity contribution in [1.82, 2.24) is 4.90 Å². The maximum Gasteiger partial charge on any atom is 0.0982 e. The Morgan fingerprint density at radius 2 is 1.53 bits per heavy atom. The highest BCUT2D eigenvalue weighted by molar-refractivity contribution is 5.77. The zero-order valence-corrected chi connectivity index (χ0v) is 50.9. The lowest BCUT2D eigenvalue weighted by Crippen LogP contribution is -2.54. The second-order valence-corrected chi connectivity index (χ2v) is 29.7. The van der Waals surface area contributed by atoms with E-state index in [0.717, 1.165) is 24.7 Å². The van der Waals surface area contributed by atoms with E-state index in [1.165, 1.54) is 177 Å². The molecule has 3 nitrogen and oxygen atoms in total. The Kier molecular flexibility index (Phi) is 15.6. The summed E-state index contributed by atoms with van der Waals surface area (Å²) in [6.45, 7) is 10.9. The second kappa shape index (κ2) is 23.6. The second-order valence-electron chi connectivity index (χ2n) is 29.7. The van der Waals surface area contributed by atoms with E-state index in [2.05, 4.69) is 170 Å². The number of hydrogen-bond acceptors (Lipinski definition) is 3. The first-order valence-electron chi connectivity index (χ1n) is 35.1. The Morgan fingerprint density at radius 3 is 2.33 bits per heavy atom. The van der Waals surface area contributed by atoms with Crippen molar-refractivity contribution in [2.24, 2.45) is 88.3 Å². The van der Waals surface area contributed by atoms with E-state index in [1.54, 1.807) is 16.7 Å². The largest absolute Gasteiger partial charge is 0.495 e. The molecule has 0 radical (unpaired) electrons. The third kappa shape index (κ3) is 10.0. The van der Waals surface area contributed by atoms with Crippen LogP contribution in [-0.4, -0.2) is 41.2 Å². The van der Waals surface area contributed by atoms with Crippen molar-refractivity contribution >= 4 is 11.3 Å². The van der Waals surface area contributed by atoms with E-state index in [4.69, 9.17) is 4.74 Å². The average molecular weight is 1110 g/mol. The van der Waals surface area contributed by atoms with Gasteiger partial charge in [0, 0.05) is 54.2 Å². The van der Waals surface area contributed by atoms with Gasteiger partial charge < -0.3 is 9.64 Å². The number of rotatable bonds is 12. The molecule has 0 N–H and O–H groups in total. The lowest BCUT2D eigenvalue weighted by atomic mass is 9.50. The quantitative estimate of drug-likeness (QED) is 0.194. The van der Waals surface area contributed by atoms with E-state index in [1.807, 2.05) is 0 Å². The highest BCUT2D eigenvalue weighted by Crippen LogP contribution is 2.70. The summed E-state index contributed by atoms with van der Waals surface area (Å²) in [5.41, 5.74) is 9.59. The molecule has 1 aromatic carbocycles. The third-order valence-electron chi connectivity index (χ3n) is 25.9. The summed E-state index contributed by atoms with van der Waals surface area (Å²) in [6.07, 6.45) is 83.5. The smallest absolute Gasteiger partial charge is 0.0982 e. The van der Waals surface area contributed by atoms with Crippen LogP contribution in [0.5, 0.6) is 0 Å². The van der Waals surface area contributed by atoms with Crippen LogP contribution in [0.3, 0.4) is 0 Å². The molecule has 15 rings (SSSR count). The van der Waals surface area contributed by atoms with Crippen molar-refractivity contribution in [3.05, 3.63) is 181 Å². The molecule has 17 unspecified atom stereocenters. The van der Waals surface area contributed by atoms with Gasteiger partial charge in [0.2, 0.25) is 0 Å². The van der Waals surface area contributed by atoms with E-state index < -0.39 is 0 Å². The maximum atomic E-state index is 6.97. The predicted octanol–water partition coefficient (Wildman–Crippen LogP) is 19.7. The molecule has 18 atom stereocenters. The average Bonchev–Trinajstić information content (AvgIpc) is 2.80. The summed E-state index contributed by atoms with van der Waals surface area (Å²) in [4.78, 5) is 6.13. The Hall–Kier alpha value is -4.60. The lowest BCUT2D eigenvalue weighted by molar-refractivity contribution is -0.0198. The van der Waals surface area contributed by atoms with Crippen LogP contribution < -0.4 is 4.90 Å². The number of nitrogens with zero attached hydrogens (tertiary/aromatic N) is 2. The Labute approximate surface area is 502 Å². The number of fused-ring (bicyclic) bond motifs is 9. The molecule has 5 fully saturated rings. The standard InChI is InChI=1S/C80H102N2O/c1-4-54-24-28-56(29-25-54)59-34-46-77-73(49-59)74-50-60(35-47-78(74)82(77)64-19-10-7-11-20-64)57-32-38-65(39-33-57)81(79-52-72-61(48-53(79)3)31-30-58-16-12-13-21-69(58)72)66-40-45-71-70-22-14-15-23-75(70)80(76(71)51-66,62-17-8-6-9-18-62)63-36-43-68(44-37-63)83-67-41-26-55(5-2)27-42-67/h4-5,8,13,15,17,21,23-24,28-29,32-33,35,38-40,43,45,47-50,53-55,58-59,62-64,66-67,69-72,74-79H,1-2,6-7,9-12,14,16,18-20,22,25-27,30-31,34,36-37,41-42,44,46,51-52H2,3H3/t53?,54?,55?,58-,59?,62?,63?,66?,67?,69?,70?,71?,72?,74?,75?,76?,77?,78?,79?,80?/m1/s1. The van der Waals surface area contributed by atoms with Crippen LogP contribution >= 0.6 is 0 Å². The van der Waals surface area contributed by atoms with Gasteiger partial charge in [0.25, 0.3) is 0 Å². The number of hydrogen-bond donors (Lipinski definition) is 0. The maximum absolute atomic E-state index is 6.97. The van der Waals surface area contributed by atoms with Gasteiger partial charge in [-0.15, -0.1) is 13.2 Å². The molecule has 1 heterocycles. The molecule has 83 heavy (non-hydrogen) atoms. The molecule has 13 aliphatic carbocycles. The molecule has 1 aromatic rings. The van der Waals surface area contributed by atoms with Crippen molar-refractivity contribution in [2.45, 2.75) is 210 Å². The van der Waals surface area contributed by atoms with Crippen LogP contribution in [0, 0.1) is 88.3 Å². The lowest BCUT2D eigenvalue weighted by Gasteiger charge is -2.55. The van der Waals surface area contributed by atoms with Gasteiger partial charge in [0.05, 0.1) is 11.9 Å². The fourth-order valence-electron chi connectivity index (χ4n) is 22.0. The van der Waals surface area contributed by atoms with Crippen molar-refractivity contribution in [3.63, 3.8) is 0 Å². The Balaban J connectivity index is 0.773. The third-order valence-corrected chi connectivity index (χ3v) is 25.9. The van der Waals surface area contributed by atoms with Crippen molar-refractivity contribution in [2.75, 3.05) is 4.90 Å². The molecular weight excluding hydrogens is 1000 g/mol. The molecule has 4 saturated carbocycles. The normalized spacial score (nSPS) is 42.7. The Bertz CT molecular complexity index is 2910. The minimum Gasteiger partial charge on any atom is -0.495 e. The molecule has 1 saturated heterocycles. The fraction of sp³-hybridized carbons (Fsp3) is 0.600. The van der Waals surface area contributed by atoms with Gasteiger partial charge in [-0.25, -0.2) is 0 Å². The summed E-state index contributed by atoms with van der Waals surface area (Å²) in [6, 6.07) is 12.9. The summed E-state index contributed by atoms with van der Waals surface area (Å²) in [5.74, 6) is 10.1. The number of likely N-dealkylation sites (tertiary alicyclic amines) is 1. The molecule has 0 amide bonds. The van der Waals surface area contributed by atoms with Gasteiger partial charge >= 0.3 is 0 Å². The first kappa shape index (κ1) is 55.0. The predicted molar refractivity (Wildman–Crippen MR) is 347 cm³/mol. The van der Waals surface area contributed by atoms with Crippen LogP contribution in [0.15, 0.2) is 175 Å². The minimum absolute atomic E-state index is 0.246. The molecule has 3 heteroatoms. The van der Waals surface area contributed by atoms with Crippen molar-refractivity contribution in [1.29, 1.82) is 0 Å². The molecular formula is C80H102N2O. The van der Waals surface area contributed by atoms with Crippen LogP contribution in [0.25, 0.3) is 5.57 Å². The van der Waals surface area contributed by atoms with Crippen molar-refractivity contribution < 1.29 is 4.74 Å². The van der Waals surface area contributed by atoms with E-state index >= 15 is 0 Å². The number of allylic oxidation sites excluding steroid dienone is 19. The summed E-state index contributed by atoms with van der Waals surface area (Å²) in [7, 11) is 0. The summed E-state index contributed by atoms with van der Waals surface area (Å²) in [5, 5.41) is 0. The highest BCUT2D eigenvalue weighted by atomic mass is 16.5. The topological polar surface area (TPSA) is 15.7 Å². The number of anilines is 1. The number of benzene rings is 1. The molecule has 1 aliphatic heterocycles. The first-order chi connectivity index (χ1) is 40.9. The van der Waals surface area contributed by atoms with E-state index in [9.17, 15) is 0 Å². The summed E-state index contributed by atoms with van der Waals surface area (Å²) < 4.78 is 6.97. The zero-order valence-electron chi connectivity index (χ0n) is 50.9. The van der Waals surface area contributed by atoms with Gasteiger partial charge in [-0.05, 0) is 258 Å². The highest BCUT2D eigenvalue weighted by Gasteiger charge is 2.65. The van der Waals surface area contributed by atoms with Crippen LogP contribution in [0.1, 0.15) is 179 Å². The van der Waals surface area contributed by atoms with Gasteiger partial charge in [-0.3, -0.25) is 4.90 Å². The summed E-state index contributed by atoms with van der Waals surface area (Å²) >= 11 is 0. The number of ether oxygens (including phenoxy) is 1. The molecule has 14 aliphatic rings. The van der Waals surface area contributed by atoms with E-state index in [0.29, 0.717) is 107 Å². The SMILES string of the molecule is C=CC1C=CC(C2C=C3C4C=C(c5ccc(N(C6C=CC7C8CCC=CC8C(C8C=CCCC8)(C8CC=C(OC9CCC(C=C)CC9)CC8)C7C6)C6CC7C(=CC6C)CC[C@H]6CCC=CC76)cc5)C=CC4N(C4CCCCC4)C3CC2)=CC1. The molecule has 0 spiro atoms.